The molecule has 0 saturated carbocycles. The summed E-state index contributed by atoms with van der Waals surface area (Å²) in [5.74, 6) is -1.08. The first-order chi connectivity index (χ1) is 17.1. The fourth-order valence-electron chi connectivity index (χ4n) is 4.08. The maximum atomic E-state index is 13.3. The lowest BCUT2D eigenvalue weighted by Crippen LogP contribution is -2.24. The molecule has 0 aliphatic heterocycles. The van der Waals surface area contributed by atoms with Crippen LogP contribution < -0.4 is 10.1 Å². The van der Waals surface area contributed by atoms with E-state index in [1.54, 1.807) is 12.1 Å². The molecular formula is C28H23ClF3NO3. The van der Waals surface area contributed by atoms with Gasteiger partial charge in [-0.1, -0.05) is 54.1 Å². The predicted octanol–water partition coefficient (Wildman–Crippen LogP) is 7.61. The summed E-state index contributed by atoms with van der Waals surface area (Å²) in [5.41, 5.74) is 0.0535. The van der Waals surface area contributed by atoms with Crippen LogP contribution in [0.1, 0.15) is 34.5 Å². The van der Waals surface area contributed by atoms with Gasteiger partial charge in [-0.15, -0.1) is 0 Å². The van der Waals surface area contributed by atoms with Gasteiger partial charge >= 0.3 is 12.1 Å². The average Bonchev–Trinajstić information content (AvgIpc) is 2.85. The third kappa shape index (κ3) is 5.98. The van der Waals surface area contributed by atoms with E-state index in [0.717, 1.165) is 17.0 Å². The van der Waals surface area contributed by atoms with Crippen molar-refractivity contribution < 1.29 is 27.8 Å². The Hall–Kier alpha value is -3.55. The number of carboxylic acid groups (broad SMARTS) is 1. The molecule has 0 spiro atoms. The first kappa shape index (κ1) is 25.5. The van der Waals surface area contributed by atoms with Crippen LogP contribution in [0.5, 0.6) is 5.75 Å². The lowest BCUT2D eigenvalue weighted by molar-refractivity contribution is -0.137. The Morgan fingerprint density at radius 2 is 1.72 bits per heavy atom. The van der Waals surface area contributed by atoms with Gasteiger partial charge in [0.05, 0.1) is 11.1 Å². The minimum atomic E-state index is -4.69. The number of hydrogen-bond acceptors (Lipinski definition) is 3. The number of aromatic carboxylic acids is 1. The molecule has 0 bridgehead atoms. The van der Waals surface area contributed by atoms with Crippen LogP contribution >= 0.6 is 11.6 Å². The van der Waals surface area contributed by atoms with Gasteiger partial charge in [-0.25, -0.2) is 4.79 Å². The van der Waals surface area contributed by atoms with Crippen molar-refractivity contribution in [3.8, 4) is 16.9 Å². The Morgan fingerprint density at radius 3 is 2.47 bits per heavy atom. The molecule has 0 saturated heterocycles. The van der Waals surface area contributed by atoms with Crippen LogP contribution in [0.3, 0.4) is 0 Å². The van der Waals surface area contributed by atoms with Crippen molar-refractivity contribution in [1.82, 2.24) is 5.32 Å². The number of hydrogen-bond donors (Lipinski definition) is 2. The fourth-order valence-corrected chi connectivity index (χ4v) is 4.30. The second kappa shape index (κ2) is 10.6. The molecule has 4 aromatic rings. The third-order valence-electron chi connectivity index (χ3n) is 5.82. The van der Waals surface area contributed by atoms with Crippen molar-refractivity contribution >= 4 is 28.3 Å². The Labute approximate surface area is 211 Å². The monoisotopic (exact) mass is 513 g/mol. The molecule has 2 N–H and O–H groups in total. The van der Waals surface area contributed by atoms with Gasteiger partial charge in [0.1, 0.15) is 12.4 Å². The van der Waals surface area contributed by atoms with E-state index < -0.39 is 23.3 Å². The number of alkyl halides is 3. The van der Waals surface area contributed by atoms with E-state index in [0.29, 0.717) is 23.9 Å². The summed E-state index contributed by atoms with van der Waals surface area (Å²) in [6.45, 7) is 2.86. The van der Waals surface area contributed by atoms with E-state index in [2.05, 4.69) is 36.5 Å². The number of benzene rings is 4. The highest BCUT2D eigenvalue weighted by molar-refractivity contribution is 6.31. The topological polar surface area (TPSA) is 58.6 Å². The second-order valence-electron chi connectivity index (χ2n) is 8.37. The zero-order valence-electron chi connectivity index (χ0n) is 19.3. The minimum Gasteiger partial charge on any atom is -0.492 e. The molecule has 0 heterocycles. The van der Waals surface area contributed by atoms with Crippen molar-refractivity contribution in [3.63, 3.8) is 0 Å². The lowest BCUT2D eigenvalue weighted by atomic mass is 9.99. The van der Waals surface area contributed by atoms with E-state index in [4.69, 9.17) is 16.3 Å². The Kier molecular flexibility index (Phi) is 7.52. The fraction of sp³-hybridized carbons (Fsp3) is 0.179. The Morgan fingerprint density at radius 1 is 1.00 bits per heavy atom. The van der Waals surface area contributed by atoms with Crippen molar-refractivity contribution in [2.75, 3.05) is 13.2 Å². The number of halogens is 4. The number of carboxylic acids is 1. The van der Waals surface area contributed by atoms with Crippen LogP contribution in [0.15, 0.2) is 78.9 Å². The van der Waals surface area contributed by atoms with Gasteiger partial charge in [0.2, 0.25) is 0 Å². The van der Waals surface area contributed by atoms with Crippen LogP contribution in [-0.4, -0.2) is 24.2 Å². The minimum absolute atomic E-state index is 0.0640. The molecule has 36 heavy (non-hydrogen) atoms. The van der Waals surface area contributed by atoms with E-state index in [1.165, 1.54) is 17.5 Å². The van der Waals surface area contributed by atoms with Crippen molar-refractivity contribution in [1.29, 1.82) is 0 Å². The van der Waals surface area contributed by atoms with Crippen LogP contribution in [0, 0.1) is 0 Å². The molecule has 4 aromatic carbocycles. The van der Waals surface area contributed by atoms with Gasteiger partial charge in [0.15, 0.2) is 0 Å². The van der Waals surface area contributed by atoms with Crippen molar-refractivity contribution in [2.45, 2.75) is 19.1 Å². The maximum absolute atomic E-state index is 13.3. The lowest BCUT2D eigenvalue weighted by Gasteiger charge is -2.17. The third-order valence-corrected chi connectivity index (χ3v) is 6.04. The number of nitrogens with one attached hydrogen (secondary N) is 1. The molecule has 0 unspecified atom stereocenters. The molecule has 1 atom stereocenters. The number of rotatable bonds is 8. The summed E-state index contributed by atoms with van der Waals surface area (Å²) in [5, 5.41) is 15.3. The van der Waals surface area contributed by atoms with Gasteiger partial charge < -0.3 is 15.2 Å². The summed E-state index contributed by atoms with van der Waals surface area (Å²) >= 11 is 6.20. The quantitative estimate of drug-likeness (QED) is 0.238. The van der Waals surface area contributed by atoms with E-state index in [1.807, 2.05) is 18.2 Å². The zero-order chi connectivity index (χ0) is 25.9. The average molecular weight is 514 g/mol. The largest absolute Gasteiger partial charge is 0.492 e. The smallest absolute Gasteiger partial charge is 0.416 e. The maximum Gasteiger partial charge on any atom is 0.416 e. The SMILES string of the molecule is C[C@@H](NCCOc1cc(Cl)cc(-c2cc(C(=O)O)cc(C(F)(F)F)c2)c1)c1cccc2ccccc12. The molecule has 0 fully saturated rings. The van der Waals surface area contributed by atoms with Gasteiger partial charge in [-0.05, 0) is 70.8 Å². The molecule has 4 nitrogen and oxygen atoms in total. The summed E-state index contributed by atoms with van der Waals surface area (Å²) in [4.78, 5) is 11.4. The van der Waals surface area contributed by atoms with Crippen molar-refractivity contribution in [2.24, 2.45) is 0 Å². The van der Waals surface area contributed by atoms with Crippen LogP contribution in [0.25, 0.3) is 21.9 Å². The van der Waals surface area contributed by atoms with Crippen LogP contribution in [0.4, 0.5) is 13.2 Å². The summed E-state index contributed by atoms with van der Waals surface area (Å²) < 4.78 is 45.8. The van der Waals surface area contributed by atoms with Crippen LogP contribution in [0.2, 0.25) is 5.02 Å². The molecule has 0 aliphatic carbocycles. The first-order valence-corrected chi connectivity index (χ1v) is 11.6. The van der Waals surface area contributed by atoms with Gasteiger partial charge in [0.25, 0.3) is 0 Å². The molecule has 0 aromatic heterocycles. The standard InChI is InChI=1S/C28H23ClF3NO3/c1-17(25-8-4-6-18-5-2-3-7-26(18)25)33-9-10-36-24-15-20(14-23(29)16-24)19-11-21(27(34)35)13-22(12-19)28(30,31)32/h2-8,11-17,33H,9-10H2,1H3,(H,34,35)/t17-/m1/s1. The highest BCUT2D eigenvalue weighted by atomic mass is 35.5. The van der Waals surface area contributed by atoms with Gasteiger partial charge in [-0.2, -0.15) is 13.2 Å². The summed E-state index contributed by atoms with van der Waals surface area (Å²) in [6.07, 6.45) is -4.69. The molecule has 0 radical (unpaired) electrons. The normalized spacial score (nSPS) is 12.5. The number of ether oxygens (including phenoxy) is 1. The molecule has 8 heteroatoms. The molecule has 186 valence electrons. The van der Waals surface area contributed by atoms with E-state index >= 15 is 0 Å². The number of carbonyl (C=O) groups is 1. The zero-order valence-corrected chi connectivity index (χ0v) is 20.0. The van der Waals surface area contributed by atoms with Crippen molar-refractivity contribution in [3.05, 3.63) is 101 Å². The molecular weight excluding hydrogens is 491 g/mol. The van der Waals surface area contributed by atoms with E-state index in [9.17, 15) is 23.1 Å². The highest BCUT2D eigenvalue weighted by Gasteiger charge is 2.32. The summed E-state index contributed by atoms with van der Waals surface area (Å²) in [7, 11) is 0. The van der Waals surface area contributed by atoms with Crippen LogP contribution in [-0.2, 0) is 6.18 Å². The molecule has 0 amide bonds. The highest BCUT2D eigenvalue weighted by Crippen LogP contribution is 2.35. The molecule has 0 aliphatic rings. The Bertz CT molecular complexity index is 1400. The Balaban J connectivity index is 1.47. The first-order valence-electron chi connectivity index (χ1n) is 11.2. The second-order valence-corrected chi connectivity index (χ2v) is 8.81. The number of fused-ring (bicyclic) bond motifs is 1. The van der Waals surface area contributed by atoms with Gasteiger partial charge in [0, 0.05) is 17.6 Å². The summed E-state index contributed by atoms with van der Waals surface area (Å²) in [6, 6.07) is 21.6. The molecule has 4 rings (SSSR count). The van der Waals surface area contributed by atoms with E-state index in [-0.39, 0.29) is 23.2 Å². The predicted molar refractivity (Wildman–Crippen MR) is 135 cm³/mol. The van der Waals surface area contributed by atoms with Gasteiger partial charge in [-0.3, -0.25) is 0 Å².